The number of nitrogens with one attached hydrogen (secondary N) is 1. The van der Waals surface area contributed by atoms with Gasteiger partial charge in [0.15, 0.2) is 0 Å². The van der Waals surface area contributed by atoms with E-state index >= 15 is 0 Å². The lowest BCUT2D eigenvalue weighted by Gasteiger charge is -2.46. The van der Waals surface area contributed by atoms with Gasteiger partial charge in [-0.2, -0.15) is 0 Å². The van der Waals surface area contributed by atoms with E-state index in [0.717, 1.165) is 25.9 Å². The van der Waals surface area contributed by atoms with Gasteiger partial charge >= 0.3 is 0 Å². The lowest BCUT2D eigenvalue weighted by Crippen LogP contribution is -2.56. The van der Waals surface area contributed by atoms with Gasteiger partial charge in [-0.1, -0.05) is 24.3 Å². The highest BCUT2D eigenvalue weighted by Gasteiger charge is 2.51. The van der Waals surface area contributed by atoms with Crippen molar-refractivity contribution >= 4 is 11.0 Å². The van der Waals surface area contributed by atoms with Crippen LogP contribution in [-0.2, 0) is 17.4 Å². The van der Waals surface area contributed by atoms with Crippen molar-refractivity contribution in [3.8, 4) is 0 Å². The Hall–Kier alpha value is -0.710. The smallest absolute Gasteiger partial charge is 0.0945 e. The van der Waals surface area contributed by atoms with E-state index < -0.39 is 11.0 Å². The average Bonchev–Trinajstić information content (AvgIpc) is 2.63. The second-order valence-electron chi connectivity index (χ2n) is 6.66. The predicted octanol–water partition coefficient (Wildman–Crippen LogP) is 1.71. The minimum absolute atomic E-state index is 0.329. The molecule has 4 heteroatoms. The first-order valence-corrected chi connectivity index (χ1v) is 8.11. The zero-order chi connectivity index (χ0) is 13.7. The van der Waals surface area contributed by atoms with Crippen molar-refractivity contribution in [2.45, 2.75) is 37.4 Å². The summed E-state index contributed by atoms with van der Waals surface area (Å²) in [5, 5.41) is 9.09. The lowest BCUT2D eigenvalue weighted by molar-refractivity contribution is 0.130. The number of hydrogen-bond acceptors (Lipinski definition) is 2. The van der Waals surface area contributed by atoms with Crippen molar-refractivity contribution in [1.82, 2.24) is 5.32 Å². The fraction of sp³-hybridized carbons (Fsp3) is 0.600. The first-order valence-electron chi connectivity index (χ1n) is 6.89. The molecule has 1 unspecified atom stereocenters. The van der Waals surface area contributed by atoms with Gasteiger partial charge in [0.25, 0.3) is 0 Å². The van der Waals surface area contributed by atoms with E-state index in [1.54, 1.807) is 0 Å². The van der Waals surface area contributed by atoms with Gasteiger partial charge in [0.1, 0.15) is 0 Å². The van der Waals surface area contributed by atoms with Crippen molar-refractivity contribution in [2.24, 2.45) is 10.6 Å². The summed E-state index contributed by atoms with van der Waals surface area (Å²) in [6.45, 7) is 6.17. The van der Waals surface area contributed by atoms with E-state index in [0.29, 0.717) is 11.3 Å². The summed E-state index contributed by atoms with van der Waals surface area (Å²) < 4.78 is 11.4. The average molecular weight is 278 g/mol. The highest BCUT2D eigenvalue weighted by Crippen LogP contribution is 2.53. The molecule has 1 saturated heterocycles. The Bertz CT molecular complexity index is 523. The second kappa shape index (κ2) is 4.40. The summed E-state index contributed by atoms with van der Waals surface area (Å²) >= 11 is 0. The number of fused-ring (bicyclic) bond motifs is 1. The van der Waals surface area contributed by atoms with Crippen LogP contribution < -0.4 is 10.5 Å². The molecule has 1 aliphatic heterocycles. The van der Waals surface area contributed by atoms with Crippen LogP contribution >= 0.6 is 0 Å². The standard InChI is InChI=1S/C15H22N2OS/c1-14(2,19(16)18)8-13-12-6-4-3-5-11(12)7-15(13)9-17-10-15/h3-6,13,17H,7-10,16H2,1-2H3/t13-,19?/m1/s1. The van der Waals surface area contributed by atoms with E-state index in [2.05, 4.69) is 29.6 Å². The minimum atomic E-state index is -1.28. The Kier molecular flexibility index (Phi) is 3.08. The van der Waals surface area contributed by atoms with E-state index in [1.165, 1.54) is 11.1 Å². The summed E-state index contributed by atoms with van der Waals surface area (Å²) in [6.07, 6.45) is 2.04. The topological polar surface area (TPSA) is 55.1 Å². The molecule has 1 spiro atoms. The lowest BCUT2D eigenvalue weighted by atomic mass is 9.68. The van der Waals surface area contributed by atoms with Gasteiger partial charge in [-0.05, 0) is 43.7 Å². The van der Waals surface area contributed by atoms with Crippen molar-refractivity contribution in [3.63, 3.8) is 0 Å². The molecule has 2 atom stereocenters. The van der Waals surface area contributed by atoms with E-state index in [4.69, 9.17) is 5.14 Å². The largest absolute Gasteiger partial charge is 0.315 e. The fourth-order valence-corrected chi connectivity index (χ4v) is 3.92. The quantitative estimate of drug-likeness (QED) is 0.884. The summed E-state index contributed by atoms with van der Waals surface area (Å²) in [4.78, 5) is 0. The van der Waals surface area contributed by atoms with Gasteiger partial charge in [-0.25, -0.2) is 4.21 Å². The summed E-state index contributed by atoms with van der Waals surface area (Å²) in [6, 6.07) is 8.71. The molecule has 19 heavy (non-hydrogen) atoms. The van der Waals surface area contributed by atoms with Crippen molar-refractivity contribution in [3.05, 3.63) is 35.4 Å². The minimum Gasteiger partial charge on any atom is -0.315 e. The van der Waals surface area contributed by atoms with Gasteiger partial charge in [0.2, 0.25) is 0 Å². The van der Waals surface area contributed by atoms with Crippen LogP contribution in [0.2, 0.25) is 0 Å². The molecule has 1 aromatic carbocycles. The SMILES string of the molecule is CC(C)(C[C@@H]1c2ccccc2CC12CNC2)S(N)=O. The Balaban J connectivity index is 1.95. The molecule has 104 valence electrons. The highest BCUT2D eigenvalue weighted by atomic mass is 32.2. The number of hydrogen-bond donors (Lipinski definition) is 2. The molecule has 1 heterocycles. The van der Waals surface area contributed by atoms with E-state index in [-0.39, 0.29) is 4.75 Å². The Morgan fingerprint density at radius 3 is 2.68 bits per heavy atom. The van der Waals surface area contributed by atoms with Crippen LogP contribution in [0.5, 0.6) is 0 Å². The predicted molar refractivity (Wildman–Crippen MR) is 79.2 cm³/mol. The van der Waals surface area contributed by atoms with Crippen LogP contribution in [0.1, 0.15) is 37.3 Å². The molecule has 3 nitrogen and oxygen atoms in total. The van der Waals surface area contributed by atoms with Crippen LogP contribution in [0.4, 0.5) is 0 Å². The van der Waals surface area contributed by atoms with Crippen LogP contribution in [0, 0.1) is 5.41 Å². The highest BCUT2D eigenvalue weighted by molar-refractivity contribution is 7.84. The monoisotopic (exact) mass is 278 g/mol. The molecule has 1 aliphatic carbocycles. The molecule has 0 amide bonds. The number of benzene rings is 1. The molecule has 3 N–H and O–H groups in total. The maximum atomic E-state index is 11.8. The van der Waals surface area contributed by atoms with Crippen molar-refractivity contribution < 1.29 is 4.21 Å². The first kappa shape index (κ1) is 13.3. The summed E-state index contributed by atoms with van der Waals surface area (Å²) in [5.74, 6) is 0.479. The fourth-order valence-electron chi connectivity index (χ4n) is 3.59. The zero-order valence-electron chi connectivity index (χ0n) is 11.6. The number of rotatable bonds is 3. The molecule has 0 aromatic heterocycles. The molecular formula is C15H22N2OS. The zero-order valence-corrected chi connectivity index (χ0v) is 12.4. The van der Waals surface area contributed by atoms with Crippen molar-refractivity contribution in [1.29, 1.82) is 0 Å². The molecule has 2 aliphatic rings. The van der Waals surface area contributed by atoms with Crippen LogP contribution in [0.25, 0.3) is 0 Å². The second-order valence-corrected chi connectivity index (χ2v) is 8.36. The van der Waals surface area contributed by atoms with Crippen LogP contribution in [0.3, 0.4) is 0 Å². The van der Waals surface area contributed by atoms with Gasteiger partial charge in [0, 0.05) is 18.5 Å². The summed E-state index contributed by atoms with van der Waals surface area (Å²) in [7, 11) is -1.28. The molecule has 0 radical (unpaired) electrons. The van der Waals surface area contributed by atoms with E-state index in [1.807, 2.05) is 13.8 Å². The maximum absolute atomic E-state index is 11.8. The molecule has 0 saturated carbocycles. The molecule has 0 bridgehead atoms. The first-order chi connectivity index (χ1) is 8.95. The Morgan fingerprint density at radius 2 is 2.11 bits per heavy atom. The maximum Gasteiger partial charge on any atom is 0.0945 e. The number of nitrogens with two attached hydrogens (primary N) is 1. The normalized spacial score (nSPS) is 25.9. The van der Waals surface area contributed by atoms with Crippen LogP contribution in [0.15, 0.2) is 24.3 Å². The Morgan fingerprint density at radius 1 is 1.42 bits per heavy atom. The summed E-state index contributed by atoms with van der Waals surface area (Å²) in [5.41, 5.74) is 3.25. The third kappa shape index (κ3) is 2.06. The Labute approximate surface area is 117 Å². The third-order valence-electron chi connectivity index (χ3n) is 4.91. The molecule has 1 aromatic rings. The van der Waals surface area contributed by atoms with E-state index in [9.17, 15) is 4.21 Å². The van der Waals surface area contributed by atoms with Crippen LogP contribution in [-0.4, -0.2) is 22.0 Å². The van der Waals surface area contributed by atoms with Gasteiger partial charge in [-0.15, -0.1) is 0 Å². The molecular weight excluding hydrogens is 256 g/mol. The third-order valence-corrected chi connectivity index (χ3v) is 6.16. The van der Waals surface area contributed by atoms with Crippen molar-refractivity contribution in [2.75, 3.05) is 13.1 Å². The van der Waals surface area contributed by atoms with Gasteiger partial charge in [0.05, 0.1) is 15.7 Å². The van der Waals surface area contributed by atoms with Gasteiger partial charge < -0.3 is 5.32 Å². The molecule has 3 rings (SSSR count). The van der Waals surface area contributed by atoms with Gasteiger partial charge in [-0.3, -0.25) is 5.14 Å². The molecule has 1 fully saturated rings.